The zero-order valence-corrected chi connectivity index (χ0v) is 16.4. The summed E-state index contributed by atoms with van der Waals surface area (Å²) in [5, 5.41) is 4.75. The summed E-state index contributed by atoms with van der Waals surface area (Å²) in [5.74, 6) is 0.108. The second kappa shape index (κ2) is 8.57. The molecule has 1 aromatic carbocycles. The van der Waals surface area contributed by atoms with E-state index in [-0.39, 0.29) is 11.9 Å². The number of carbonyl (C=O) groups excluding carboxylic acids is 1. The minimum Gasteiger partial charge on any atom is -0.351 e. The lowest BCUT2D eigenvalue weighted by Crippen LogP contribution is -2.46. The molecular weight excluding hydrogens is 348 g/mol. The fraction of sp³-hybridized carbons (Fsp3) is 0.391. The topological polar surface area (TPSA) is 61.0 Å². The van der Waals surface area contributed by atoms with Crippen LogP contribution in [0.15, 0.2) is 54.9 Å². The molecule has 1 aliphatic rings. The summed E-state index contributed by atoms with van der Waals surface area (Å²) in [5.41, 5.74) is 2.90. The predicted molar refractivity (Wildman–Crippen MR) is 112 cm³/mol. The Kier molecular flexibility index (Phi) is 5.72. The molecule has 1 unspecified atom stereocenters. The van der Waals surface area contributed by atoms with Crippen molar-refractivity contribution in [3.05, 3.63) is 66.1 Å². The molecule has 0 spiro atoms. The highest BCUT2D eigenvalue weighted by Crippen LogP contribution is 2.25. The maximum Gasteiger partial charge on any atom is 0.270 e. The number of nitrogens with zero attached hydrogens (tertiary/aromatic N) is 2. The van der Waals surface area contributed by atoms with Crippen molar-refractivity contribution >= 4 is 16.8 Å². The molecule has 0 saturated heterocycles. The average molecular weight is 377 g/mol. The Morgan fingerprint density at radius 1 is 1.25 bits per heavy atom. The molecule has 28 heavy (non-hydrogen) atoms. The first kappa shape index (κ1) is 18.7. The average Bonchev–Trinajstić information content (AvgIpc) is 3.18. The van der Waals surface area contributed by atoms with E-state index in [9.17, 15) is 4.79 Å². The van der Waals surface area contributed by atoms with Gasteiger partial charge in [0.2, 0.25) is 0 Å². The number of pyridine rings is 1. The van der Waals surface area contributed by atoms with Gasteiger partial charge in [-0.2, -0.15) is 0 Å². The Morgan fingerprint density at radius 2 is 2.14 bits per heavy atom. The number of para-hydroxylation sites is 1. The molecule has 2 aromatic heterocycles. The maximum absolute atomic E-state index is 13.2. The van der Waals surface area contributed by atoms with Crippen LogP contribution in [-0.4, -0.2) is 39.4 Å². The van der Waals surface area contributed by atoms with Crippen LogP contribution in [-0.2, 0) is 6.54 Å². The van der Waals surface area contributed by atoms with Crippen molar-refractivity contribution < 1.29 is 4.79 Å². The van der Waals surface area contributed by atoms with Crippen molar-refractivity contribution in [2.24, 2.45) is 0 Å². The van der Waals surface area contributed by atoms with Crippen LogP contribution in [0.25, 0.3) is 10.9 Å². The van der Waals surface area contributed by atoms with Crippen LogP contribution in [0.2, 0.25) is 0 Å². The van der Waals surface area contributed by atoms with E-state index in [1.54, 1.807) is 6.20 Å². The lowest BCUT2D eigenvalue weighted by Gasteiger charge is -2.37. The van der Waals surface area contributed by atoms with Gasteiger partial charge in [-0.1, -0.05) is 24.3 Å². The van der Waals surface area contributed by atoms with E-state index in [1.165, 1.54) is 5.56 Å². The van der Waals surface area contributed by atoms with Gasteiger partial charge in [-0.25, -0.2) is 0 Å². The lowest BCUT2D eigenvalue weighted by molar-refractivity contribution is 0.0623. The first-order chi connectivity index (χ1) is 13.7. The molecule has 5 nitrogen and oxygen atoms in total. The van der Waals surface area contributed by atoms with Crippen LogP contribution in [0.5, 0.6) is 0 Å². The first-order valence-electron chi connectivity index (χ1n) is 10.3. The number of carbonyl (C=O) groups is 1. The summed E-state index contributed by atoms with van der Waals surface area (Å²) >= 11 is 0. The molecule has 2 N–H and O–H groups in total. The van der Waals surface area contributed by atoms with Gasteiger partial charge in [0, 0.05) is 48.5 Å². The smallest absolute Gasteiger partial charge is 0.270 e. The number of rotatable bonds is 6. The molecule has 4 rings (SSSR count). The summed E-state index contributed by atoms with van der Waals surface area (Å²) in [6, 6.07) is 14.8. The Labute approximate surface area is 166 Å². The molecule has 3 aromatic rings. The molecule has 1 amide bonds. The van der Waals surface area contributed by atoms with Crippen LogP contribution < -0.4 is 5.32 Å². The highest BCUT2D eigenvalue weighted by atomic mass is 16.2. The van der Waals surface area contributed by atoms with Gasteiger partial charge in [0.05, 0.1) is 0 Å². The van der Waals surface area contributed by atoms with E-state index in [2.05, 4.69) is 28.3 Å². The van der Waals surface area contributed by atoms with Gasteiger partial charge in [-0.15, -0.1) is 0 Å². The monoisotopic (exact) mass is 376 g/mol. The van der Waals surface area contributed by atoms with Crippen molar-refractivity contribution in [1.82, 2.24) is 20.2 Å². The predicted octanol–water partition coefficient (Wildman–Crippen LogP) is 4.13. The molecular formula is C23H28N4O. The highest BCUT2D eigenvalue weighted by Gasteiger charge is 2.29. The minimum atomic E-state index is 0.108. The van der Waals surface area contributed by atoms with Gasteiger partial charge < -0.3 is 15.2 Å². The third kappa shape index (κ3) is 4.09. The number of aromatic amines is 1. The van der Waals surface area contributed by atoms with E-state index >= 15 is 0 Å². The largest absolute Gasteiger partial charge is 0.351 e. The van der Waals surface area contributed by atoms with Gasteiger partial charge in [-0.05, 0) is 56.4 Å². The lowest BCUT2D eigenvalue weighted by atomic mass is 9.89. The van der Waals surface area contributed by atoms with Gasteiger partial charge >= 0.3 is 0 Å². The Hall–Kier alpha value is -2.66. The van der Waals surface area contributed by atoms with E-state index in [4.69, 9.17) is 0 Å². The zero-order chi connectivity index (χ0) is 19.3. The van der Waals surface area contributed by atoms with Gasteiger partial charge in [0.1, 0.15) is 5.69 Å². The van der Waals surface area contributed by atoms with Crippen LogP contribution >= 0.6 is 0 Å². The van der Waals surface area contributed by atoms with Crippen molar-refractivity contribution in [2.75, 3.05) is 6.54 Å². The Bertz CT molecular complexity index is 888. The Morgan fingerprint density at radius 3 is 2.93 bits per heavy atom. The summed E-state index contributed by atoms with van der Waals surface area (Å²) in [7, 11) is 0. The summed E-state index contributed by atoms with van der Waals surface area (Å²) in [4.78, 5) is 22.7. The van der Waals surface area contributed by atoms with Gasteiger partial charge in [0.15, 0.2) is 0 Å². The van der Waals surface area contributed by atoms with E-state index in [1.807, 2.05) is 47.5 Å². The molecule has 146 valence electrons. The van der Waals surface area contributed by atoms with Crippen molar-refractivity contribution in [3.63, 3.8) is 0 Å². The van der Waals surface area contributed by atoms with Gasteiger partial charge in [-0.3, -0.25) is 9.78 Å². The normalized spacial score (nSPS) is 19.6. The summed E-state index contributed by atoms with van der Waals surface area (Å²) in [6.07, 6.45) is 8.09. The van der Waals surface area contributed by atoms with Crippen molar-refractivity contribution in [3.8, 4) is 0 Å². The number of aromatic nitrogens is 2. The molecule has 5 heteroatoms. The highest BCUT2D eigenvalue weighted by molar-refractivity contribution is 5.98. The third-order valence-corrected chi connectivity index (χ3v) is 5.77. The van der Waals surface area contributed by atoms with Crippen LogP contribution in [0.3, 0.4) is 0 Å². The second-order valence-electron chi connectivity index (χ2n) is 7.62. The number of benzene rings is 1. The number of H-pyrrole nitrogens is 1. The van der Waals surface area contributed by atoms with Gasteiger partial charge in [0.25, 0.3) is 5.91 Å². The number of hydrogen-bond donors (Lipinski definition) is 2. The maximum atomic E-state index is 13.2. The number of amides is 1. The molecule has 1 saturated carbocycles. The molecule has 0 aliphatic heterocycles. The fourth-order valence-corrected chi connectivity index (χ4v) is 4.31. The minimum absolute atomic E-state index is 0.108. The number of fused-ring (bicyclic) bond motifs is 1. The summed E-state index contributed by atoms with van der Waals surface area (Å²) in [6.45, 7) is 3.63. The van der Waals surface area contributed by atoms with Crippen molar-refractivity contribution in [2.45, 2.75) is 51.2 Å². The fourth-order valence-electron chi connectivity index (χ4n) is 4.31. The van der Waals surface area contributed by atoms with Crippen molar-refractivity contribution in [1.29, 1.82) is 0 Å². The molecule has 2 atom stereocenters. The first-order valence-corrected chi connectivity index (χ1v) is 10.3. The number of hydrogen-bond acceptors (Lipinski definition) is 3. The van der Waals surface area contributed by atoms with E-state index < -0.39 is 0 Å². The second-order valence-corrected chi connectivity index (χ2v) is 7.62. The molecule has 1 aliphatic carbocycles. The SMILES string of the molecule is CCN(C(=O)c1cc2ccccc2[nH]1)C1CCC[C@H](NCc2cccnc2)C1. The van der Waals surface area contributed by atoms with Crippen LogP contribution in [0.4, 0.5) is 0 Å². The zero-order valence-electron chi connectivity index (χ0n) is 16.4. The molecule has 0 radical (unpaired) electrons. The standard InChI is InChI=1S/C23H28N4O/c1-2-27(23(28)22-13-18-8-3-4-11-21(18)26-22)20-10-5-9-19(14-20)25-16-17-7-6-12-24-15-17/h3-4,6-8,11-13,15,19-20,25-26H,2,5,9-10,14,16H2,1H3/t19-,20?/m0/s1. The van der Waals surface area contributed by atoms with E-state index in [0.717, 1.165) is 49.7 Å². The summed E-state index contributed by atoms with van der Waals surface area (Å²) < 4.78 is 0. The molecule has 0 bridgehead atoms. The molecule has 2 heterocycles. The quantitative estimate of drug-likeness (QED) is 0.680. The van der Waals surface area contributed by atoms with Crippen LogP contribution in [0, 0.1) is 0 Å². The van der Waals surface area contributed by atoms with Crippen LogP contribution in [0.1, 0.15) is 48.7 Å². The third-order valence-electron chi connectivity index (χ3n) is 5.77. The Balaban J connectivity index is 1.42. The molecule has 1 fully saturated rings. The van der Waals surface area contributed by atoms with E-state index in [0.29, 0.717) is 11.7 Å². The number of nitrogens with one attached hydrogen (secondary N) is 2.